The fourth-order valence-electron chi connectivity index (χ4n) is 3.08. The summed E-state index contributed by atoms with van der Waals surface area (Å²) in [4.78, 5) is 16.7. The summed E-state index contributed by atoms with van der Waals surface area (Å²) in [5, 5.41) is 4.97. The third-order valence-electron chi connectivity index (χ3n) is 4.69. The van der Waals surface area contributed by atoms with Crippen LogP contribution in [0.25, 0.3) is 0 Å². The summed E-state index contributed by atoms with van der Waals surface area (Å²) >= 11 is 5.93. The molecule has 0 aliphatic carbocycles. The maximum atomic E-state index is 12.2. The minimum absolute atomic E-state index is 0.0727. The number of hydrogen-bond acceptors (Lipinski definition) is 4. The van der Waals surface area contributed by atoms with Gasteiger partial charge < -0.3 is 0 Å². The van der Waals surface area contributed by atoms with Crippen molar-refractivity contribution in [3.05, 3.63) is 70.7 Å². The van der Waals surface area contributed by atoms with Crippen LogP contribution < -0.4 is 5.43 Å². The molecule has 0 aromatic heterocycles. The molecule has 1 aliphatic heterocycles. The summed E-state index contributed by atoms with van der Waals surface area (Å²) < 4.78 is 0. The van der Waals surface area contributed by atoms with Crippen molar-refractivity contribution in [1.82, 2.24) is 15.2 Å². The number of piperazine rings is 1. The van der Waals surface area contributed by atoms with E-state index in [2.05, 4.69) is 32.5 Å². The topological polar surface area (TPSA) is 47.9 Å². The number of halogens is 1. The van der Waals surface area contributed by atoms with Crippen molar-refractivity contribution < 1.29 is 4.79 Å². The molecule has 5 nitrogen and oxygen atoms in total. The normalized spacial score (nSPS) is 16.3. The first-order chi connectivity index (χ1) is 13.1. The van der Waals surface area contributed by atoms with E-state index in [0.29, 0.717) is 6.54 Å². The van der Waals surface area contributed by atoms with Gasteiger partial charge in [-0.15, -0.1) is 0 Å². The molecule has 1 fully saturated rings. The van der Waals surface area contributed by atoms with E-state index in [-0.39, 0.29) is 5.91 Å². The summed E-state index contributed by atoms with van der Waals surface area (Å²) in [6.45, 7) is 6.83. The lowest BCUT2D eigenvalue weighted by Crippen LogP contribution is -2.48. The SMILES string of the molecule is C/C(=N/NC(=O)CN1CCN(Cc2ccc(Cl)cc2)CC1)c1ccccc1. The fourth-order valence-corrected chi connectivity index (χ4v) is 3.21. The monoisotopic (exact) mass is 384 g/mol. The van der Waals surface area contributed by atoms with Crippen LogP contribution in [0, 0.1) is 0 Å². The van der Waals surface area contributed by atoms with Crippen LogP contribution >= 0.6 is 11.6 Å². The molecule has 27 heavy (non-hydrogen) atoms. The smallest absolute Gasteiger partial charge is 0.254 e. The molecule has 1 heterocycles. The van der Waals surface area contributed by atoms with Crippen LogP contribution in [-0.2, 0) is 11.3 Å². The number of hydrazone groups is 1. The predicted octanol–water partition coefficient (Wildman–Crippen LogP) is 3.00. The first-order valence-electron chi connectivity index (χ1n) is 9.18. The van der Waals surface area contributed by atoms with Gasteiger partial charge in [-0.05, 0) is 30.2 Å². The average molecular weight is 385 g/mol. The second-order valence-corrected chi connectivity index (χ2v) is 7.21. The molecule has 6 heteroatoms. The van der Waals surface area contributed by atoms with Gasteiger partial charge in [-0.1, -0.05) is 54.1 Å². The van der Waals surface area contributed by atoms with E-state index in [1.54, 1.807) is 0 Å². The Morgan fingerprint density at radius 1 is 1.00 bits per heavy atom. The van der Waals surface area contributed by atoms with E-state index in [4.69, 9.17) is 11.6 Å². The quantitative estimate of drug-likeness (QED) is 0.615. The lowest BCUT2D eigenvalue weighted by Gasteiger charge is -2.34. The lowest BCUT2D eigenvalue weighted by molar-refractivity contribution is -0.122. The average Bonchev–Trinajstić information content (AvgIpc) is 2.70. The molecule has 3 rings (SSSR count). The second kappa shape index (κ2) is 9.65. The third-order valence-corrected chi connectivity index (χ3v) is 4.94. The Kier molecular flexibility index (Phi) is 6.98. The Morgan fingerprint density at radius 2 is 1.63 bits per heavy atom. The van der Waals surface area contributed by atoms with Crippen molar-refractivity contribution >= 4 is 23.2 Å². The molecule has 0 saturated carbocycles. The molecule has 1 N–H and O–H groups in total. The van der Waals surface area contributed by atoms with Gasteiger partial charge in [0.25, 0.3) is 5.91 Å². The lowest BCUT2D eigenvalue weighted by atomic mass is 10.1. The van der Waals surface area contributed by atoms with Gasteiger partial charge in [-0.2, -0.15) is 5.10 Å². The zero-order chi connectivity index (χ0) is 19.1. The number of rotatable bonds is 6. The number of carbonyl (C=O) groups excluding carboxylic acids is 1. The van der Waals surface area contributed by atoms with E-state index in [1.807, 2.05) is 49.4 Å². The van der Waals surface area contributed by atoms with Gasteiger partial charge in [0, 0.05) is 37.7 Å². The van der Waals surface area contributed by atoms with Gasteiger partial charge in [-0.25, -0.2) is 5.43 Å². The number of nitrogens with zero attached hydrogens (tertiary/aromatic N) is 3. The number of benzene rings is 2. The standard InChI is InChI=1S/C21H25ClN4O/c1-17(19-5-3-2-4-6-19)23-24-21(27)16-26-13-11-25(12-14-26)15-18-7-9-20(22)10-8-18/h2-10H,11-16H2,1H3,(H,24,27)/b23-17-. The van der Waals surface area contributed by atoms with Crippen molar-refractivity contribution in [2.45, 2.75) is 13.5 Å². The van der Waals surface area contributed by atoms with E-state index >= 15 is 0 Å². The summed E-state index contributed by atoms with van der Waals surface area (Å²) in [6, 6.07) is 17.8. The first kappa shape index (κ1) is 19.5. The van der Waals surface area contributed by atoms with E-state index in [1.165, 1.54) is 5.56 Å². The Labute approximate surface area is 165 Å². The molecule has 1 saturated heterocycles. The zero-order valence-electron chi connectivity index (χ0n) is 15.6. The molecular weight excluding hydrogens is 360 g/mol. The highest BCUT2D eigenvalue weighted by Gasteiger charge is 2.19. The van der Waals surface area contributed by atoms with E-state index < -0.39 is 0 Å². The molecule has 0 bridgehead atoms. The maximum absolute atomic E-state index is 12.2. The molecule has 0 radical (unpaired) electrons. The van der Waals surface area contributed by atoms with Crippen LogP contribution in [0.4, 0.5) is 0 Å². The fraction of sp³-hybridized carbons (Fsp3) is 0.333. The van der Waals surface area contributed by atoms with Crippen LogP contribution in [0.5, 0.6) is 0 Å². The van der Waals surface area contributed by atoms with Crippen LogP contribution in [0.2, 0.25) is 5.02 Å². The highest BCUT2D eigenvalue weighted by molar-refractivity contribution is 6.30. The van der Waals surface area contributed by atoms with Crippen molar-refractivity contribution in [1.29, 1.82) is 0 Å². The van der Waals surface area contributed by atoms with Crippen molar-refractivity contribution in [3.63, 3.8) is 0 Å². The van der Waals surface area contributed by atoms with E-state index in [9.17, 15) is 4.79 Å². The summed E-state index contributed by atoms with van der Waals surface area (Å²) in [7, 11) is 0. The number of carbonyl (C=O) groups is 1. The second-order valence-electron chi connectivity index (χ2n) is 6.78. The zero-order valence-corrected chi connectivity index (χ0v) is 16.3. The van der Waals surface area contributed by atoms with Crippen molar-refractivity contribution in [3.8, 4) is 0 Å². The third kappa shape index (κ3) is 6.17. The van der Waals surface area contributed by atoms with Gasteiger partial charge in [0.05, 0.1) is 12.3 Å². The molecule has 142 valence electrons. The molecule has 0 spiro atoms. The van der Waals surface area contributed by atoms with Crippen LogP contribution in [-0.4, -0.2) is 54.1 Å². The maximum Gasteiger partial charge on any atom is 0.254 e. The number of nitrogens with one attached hydrogen (secondary N) is 1. The van der Waals surface area contributed by atoms with Crippen LogP contribution in [0.15, 0.2) is 59.7 Å². The number of hydrogen-bond donors (Lipinski definition) is 1. The van der Waals surface area contributed by atoms with Gasteiger partial charge in [-0.3, -0.25) is 14.6 Å². The first-order valence-corrected chi connectivity index (χ1v) is 9.55. The summed E-state index contributed by atoms with van der Waals surface area (Å²) in [6.07, 6.45) is 0. The highest BCUT2D eigenvalue weighted by Crippen LogP contribution is 2.12. The van der Waals surface area contributed by atoms with Crippen LogP contribution in [0.1, 0.15) is 18.1 Å². The summed E-state index contributed by atoms with van der Waals surface area (Å²) in [5.74, 6) is -0.0727. The minimum atomic E-state index is -0.0727. The molecule has 1 aliphatic rings. The molecule has 2 aromatic rings. The largest absolute Gasteiger partial charge is 0.297 e. The van der Waals surface area contributed by atoms with Gasteiger partial charge in [0.2, 0.25) is 0 Å². The van der Waals surface area contributed by atoms with Gasteiger partial charge in [0.15, 0.2) is 0 Å². The van der Waals surface area contributed by atoms with Gasteiger partial charge >= 0.3 is 0 Å². The minimum Gasteiger partial charge on any atom is -0.297 e. The van der Waals surface area contributed by atoms with Gasteiger partial charge in [0.1, 0.15) is 0 Å². The summed E-state index contributed by atoms with van der Waals surface area (Å²) in [5.41, 5.74) is 5.74. The van der Waals surface area contributed by atoms with E-state index in [0.717, 1.165) is 49.0 Å². The predicted molar refractivity (Wildman–Crippen MR) is 110 cm³/mol. The van der Waals surface area contributed by atoms with Crippen molar-refractivity contribution in [2.75, 3.05) is 32.7 Å². The molecule has 0 atom stereocenters. The number of amides is 1. The Hall–Kier alpha value is -2.21. The molecule has 0 unspecified atom stereocenters. The Balaban J connectivity index is 1.41. The van der Waals surface area contributed by atoms with Crippen molar-refractivity contribution in [2.24, 2.45) is 5.10 Å². The molecule has 1 amide bonds. The van der Waals surface area contributed by atoms with Crippen LogP contribution in [0.3, 0.4) is 0 Å². The Bertz CT molecular complexity index is 769. The highest BCUT2D eigenvalue weighted by atomic mass is 35.5. The molecule has 2 aromatic carbocycles. The molecular formula is C21H25ClN4O. The Morgan fingerprint density at radius 3 is 2.30 bits per heavy atom.